The molecule has 7 heteroatoms. The van der Waals surface area contributed by atoms with Crippen LogP contribution in [0.4, 0.5) is 18.9 Å². The maximum Gasteiger partial charge on any atom is 0.265 e. The molecule has 0 unspecified atom stereocenters. The smallest absolute Gasteiger partial charge is 0.265 e. The average molecular weight is 301 g/mol. The van der Waals surface area contributed by atoms with Crippen molar-refractivity contribution in [2.24, 2.45) is 0 Å². The Kier molecular flexibility index (Phi) is 3.71. The number of rotatable bonds is 3. The minimum atomic E-state index is -4.41. The molecule has 1 N–H and O–H groups in total. The molecule has 0 saturated carbocycles. The van der Waals surface area contributed by atoms with Crippen LogP contribution in [-0.4, -0.2) is 8.42 Å². The van der Waals surface area contributed by atoms with Crippen molar-refractivity contribution in [3.63, 3.8) is 0 Å². The van der Waals surface area contributed by atoms with Gasteiger partial charge in [0.2, 0.25) is 0 Å². The number of benzene rings is 2. The van der Waals surface area contributed by atoms with E-state index in [0.717, 1.165) is 12.1 Å². The van der Waals surface area contributed by atoms with Gasteiger partial charge in [-0.1, -0.05) is 6.07 Å². The lowest BCUT2D eigenvalue weighted by Gasteiger charge is -2.10. The van der Waals surface area contributed by atoms with Crippen molar-refractivity contribution in [3.8, 4) is 0 Å². The second kappa shape index (κ2) is 5.16. The van der Waals surface area contributed by atoms with E-state index in [0.29, 0.717) is 17.7 Å². The summed E-state index contributed by atoms with van der Waals surface area (Å²) < 4.78 is 65.8. The first kappa shape index (κ1) is 14.4. The van der Waals surface area contributed by atoms with Gasteiger partial charge in [-0.3, -0.25) is 4.72 Å². The fourth-order valence-electron chi connectivity index (χ4n) is 1.60. The summed E-state index contributed by atoms with van der Waals surface area (Å²) in [5, 5.41) is 0. The molecule has 0 amide bonds. The maximum atomic E-state index is 13.5. The van der Waals surface area contributed by atoms with Gasteiger partial charge >= 0.3 is 0 Å². The third-order valence-electron chi connectivity index (χ3n) is 2.55. The lowest BCUT2D eigenvalue weighted by atomic mass is 10.2. The van der Waals surface area contributed by atoms with Crippen LogP contribution >= 0.6 is 0 Å². The van der Waals surface area contributed by atoms with Crippen LogP contribution in [0, 0.1) is 24.4 Å². The van der Waals surface area contributed by atoms with E-state index in [4.69, 9.17) is 0 Å². The predicted octanol–water partition coefficient (Wildman–Crippen LogP) is 3.21. The first-order valence-corrected chi connectivity index (χ1v) is 7.02. The summed E-state index contributed by atoms with van der Waals surface area (Å²) in [4.78, 5) is -0.876. The quantitative estimate of drug-likeness (QED) is 0.946. The van der Waals surface area contributed by atoms with Gasteiger partial charge in [0, 0.05) is 0 Å². The van der Waals surface area contributed by atoms with E-state index >= 15 is 0 Å². The molecule has 0 radical (unpaired) electrons. The van der Waals surface area contributed by atoms with Crippen molar-refractivity contribution in [2.45, 2.75) is 11.8 Å². The topological polar surface area (TPSA) is 46.2 Å². The lowest BCUT2D eigenvalue weighted by molar-refractivity contribution is 0.555. The van der Waals surface area contributed by atoms with Gasteiger partial charge in [0.25, 0.3) is 10.0 Å². The molecule has 0 saturated heterocycles. The summed E-state index contributed by atoms with van der Waals surface area (Å²) >= 11 is 0. The number of hydrogen-bond acceptors (Lipinski definition) is 2. The highest BCUT2D eigenvalue weighted by molar-refractivity contribution is 7.92. The summed E-state index contributed by atoms with van der Waals surface area (Å²) in [6.07, 6.45) is 0. The number of sulfonamides is 1. The van der Waals surface area contributed by atoms with Gasteiger partial charge in [-0.05, 0) is 42.8 Å². The van der Waals surface area contributed by atoms with E-state index in [2.05, 4.69) is 0 Å². The molecule has 0 aliphatic heterocycles. The van der Waals surface area contributed by atoms with Crippen molar-refractivity contribution in [3.05, 3.63) is 59.4 Å². The van der Waals surface area contributed by atoms with E-state index in [1.807, 2.05) is 4.72 Å². The number of anilines is 1. The minimum Gasteiger partial charge on any atom is -0.277 e. The Morgan fingerprint density at radius 3 is 2.30 bits per heavy atom. The first-order valence-electron chi connectivity index (χ1n) is 5.53. The van der Waals surface area contributed by atoms with Gasteiger partial charge in [0.15, 0.2) is 0 Å². The van der Waals surface area contributed by atoms with Crippen LogP contribution in [-0.2, 0) is 10.0 Å². The molecule has 0 atom stereocenters. The highest BCUT2D eigenvalue weighted by atomic mass is 32.2. The molecular weight excluding hydrogens is 291 g/mol. The monoisotopic (exact) mass is 301 g/mol. The van der Waals surface area contributed by atoms with Gasteiger partial charge in [-0.25, -0.2) is 21.6 Å². The Morgan fingerprint density at radius 2 is 1.60 bits per heavy atom. The summed E-state index contributed by atoms with van der Waals surface area (Å²) in [7, 11) is -4.41. The zero-order chi connectivity index (χ0) is 14.9. The van der Waals surface area contributed by atoms with E-state index in [-0.39, 0.29) is 5.69 Å². The molecule has 106 valence electrons. The molecule has 2 aromatic carbocycles. The number of aryl methyl sites for hydroxylation is 1. The second-order valence-electron chi connectivity index (χ2n) is 4.16. The third kappa shape index (κ3) is 2.93. The lowest BCUT2D eigenvalue weighted by Crippen LogP contribution is -2.16. The Hall–Kier alpha value is -2.02. The van der Waals surface area contributed by atoms with Crippen molar-refractivity contribution in [1.82, 2.24) is 0 Å². The Labute approximate surface area is 114 Å². The first-order chi connectivity index (χ1) is 9.29. The van der Waals surface area contributed by atoms with E-state index in [1.165, 1.54) is 12.1 Å². The Balaban J connectivity index is 2.46. The molecule has 0 aromatic heterocycles. The predicted molar refractivity (Wildman–Crippen MR) is 68.3 cm³/mol. The van der Waals surface area contributed by atoms with Crippen molar-refractivity contribution < 1.29 is 21.6 Å². The minimum absolute atomic E-state index is 0.325. The zero-order valence-electron chi connectivity index (χ0n) is 10.3. The van der Waals surface area contributed by atoms with Crippen LogP contribution in [0.5, 0.6) is 0 Å². The van der Waals surface area contributed by atoms with Crippen LogP contribution in [0.15, 0.2) is 41.3 Å². The molecular formula is C13H10F3NO2S. The van der Waals surface area contributed by atoms with E-state index in [1.54, 1.807) is 6.92 Å². The highest BCUT2D eigenvalue weighted by Gasteiger charge is 2.21. The molecule has 0 aliphatic rings. The molecule has 0 heterocycles. The number of nitrogens with one attached hydrogen (secondary N) is 1. The van der Waals surface area contributed by atoms with Crippen LogP contribution in [0.25, 0.3) is 0 Å². The van der Waals surface area contributed by atoms with Gasteiger partial charge in [-0.2, -0.15) is 0 Å². The zero-order valence-corrected chi connectivity index (χ0v) is 11.1. The number of halogens is 3. The molecule has 20 heavy (non-hydrogen) atoms. The van der Waals surface area contributed by atoms with Crippen molar-refractivity contribution >= 4 is 15.7 Å². The van der Waals surface area contributed by atoms with Crippen LogP contribution < -0.4 is 4.72 Å². The van der Waals surface area contributed by atoms with Gasteiger partial charge in [0.05, 0.1) is 5.69 Å². The van der Waals surface area contributed by atoms with Crippen LogP contribution in [0.1, 0.15) is 5.56 Å². The van der Waals surface area contributed by atoms with Crippen molar-refractivity contribution in [1.29, 1.82) is 0 Å². The largest absolute Gasteiger partial charge is 0.277 e. The molecule has 2 aromatic rings. The fourth-order valence-corrected chi connectivity index (χ4v) is 2.75. The number of hydrogen-bond donors (Lipinski definition) is 1. The van der Waals surface area contributed by atoms with E-state index in [9.17, 15) is 21.6 Å². The second-order valence-corrected chi connectivity index (χ2v) is 5.81. The van der Waals surface area contributed by atoms with Gasteiger partial charge in [-0.15, -0.1) is 0 Å². The summed E-state index contributed by atoms with van der Waals surface area (Å²) in [6.45, 7) is 1.64. The molecule has 0 aliphatic carbocycles. The van der Waals surface area contributed by atoms with Crippen LogP contribution in [0.2, 0.25) is 0 Å². The molecule has 0 fully saturated rings. The van der Waals surface area contributed by atoms with Gasteiger partial charge < -0.3 is 0 Å². The fraction of sp³-hybridized carbons (Fsp3) is 0.0769. The summed E-state index contributed by atoms with van der Waals surface area (Å²) in [6, 6.07) is 5.80. The molecule has 0 spiro atoms. The Morgan fingerprint density at radius 1 is 0.950 bits per heavy atom. The normalized spacial score (nSPS) is 11.4. The Bertz CT molecular complexity index is 760. The SMILES string of the molecule is Cc1ccc(F)c(NS(=O)(=O)c2cc(F)ccc2F)c1. The standard InChI is InChI=1S/C13H10F3NO2S/c1-8-2-4-10(15)12(6-8)17-20(18,19)13-7-9(14)3-5-11(13)16/h2-7,17H,1H3. The summed E-state index contributed by atoms with van der Waals surface area (Å²) in [5.41, 5.74) is 0.289. The third-order valence-corrected chi connectivity index (χ3v) is 3.93. The van der Waals surface area contributed by atoms with Gasteiger partial charge in [0.1, 0.15) is 22.3 Å². The van der Waals surface area contributed by atoms with Crippen molar-refractivity contribution in [2.75, 3.05) is 4.72 Å². The molecule has 0 bridgehead atoms. The average Bonchev–Trinajstić information content (AvgIpc) is 2.36. The molecule has 2 rings (SSSR count). The highest BCUT2D eigenvalue weighted by Crippen LogP contribution is 2.22. The molecule has 3 nitrogen and oxygen atoms in total. The summed E-state index contributed by atoms with van der Waals surface area (Å²) in [5.74, 6) is -2.83. The van der Waals surface area contributed by atoms with Crippen LogP contribution in [0.3, 0.4) is 0 Å². The maximum absolute atomic E-state index is 13.5. The van der Waals surface area contributed by atoms with E-state index < -0.39 is 32.4 Å².